The lowest BCUT2D eigenvalue weighted by Gasteiger charge is -2.21. The molecular formula is C19H21N7O2. The van der Waals surface area contributed by atoms with Gasteiger partial charge >= 0.3 is 0 Å². The second-order valence-corrected chi connectivity index (χ2v) is 6.94. The van der Waals surface area contributed by atoms with Crippen LogP contribution in [0.4, 0.5) is 0 Å². The SMILES string of the molecule is CC(=O)N[C@H]1C[C@@H](c2nc(-c3ccccc3)n[nH]2)N(C(=O)c2cn(C)cn2)C1. The normalized spacial score (nSPS) is 19.0. The topological polar surface area (TPSA) is 109 Å². The van der Waals surface area contributed by atoms with Crippen LogP contribution < -0.4 is 5.32 Å². The van der Waals surface area contributed by atoms with E-state index in [0.29, 0.717) is 30.3 Å². The van der Waals surface area contributed by atoms with Gasteiger partial charge in [0.05, 0.1) is 12.4 Å². The number of likely N-dealkylation sites (tertiary alicyclic amines) is 1. The highest BCUT2D eigenvalue weighted by molar-refractivity contribution is 5.92. The molecule has 1 saturated heterocycles. The van der Waals surface area contributed by atoms with Crippen LogP contribution in [-0.4, -0.2) is 54.0 Å². The fourth-order valence-electron chi connectivity index (χ4n) is 3.52. The number of aromatic nitrogens is 5. The number of nitrogens with one attached hydrogen (secondary N) is 2. The lowest BCUT2D eigenvalue weighted by atomic mass is 10.1. The Morgan fingerprint density at radius 2 is 2.04 bits per heavy atom. The first-order chi connectivity index (χ1) is 13.5. The monoisotopic (exact) mass is 379 g/mol. The molecule has 1 fully saturated rings. The highest BCUT2D eigenvalue weighted by Gasteiger charge is 2.39. The summed E-state index contributed by atoms with van der Waals surface area (Å²) in [5, 5.41) is 10.2. The number of aromatic amines is 1. The van der Waals surface area contributed by atoms with Gasteiger partial charge in [-0.05, 0) is 6.42 Å². The minimum absolute atomic E-state index is 0.126. The Hall–Kier alpha value is -3.49. The third kappa shape index (κ3) is 3.51. The Labute approximate surface area is 161 Å². The summed E-state index contributed by atoms with van der Waals surface area (Å²) < 4.78 is 1.73. The van der Waals surface area contributed by atoms with Gasteiger partial charge in [0.2, 0.25) is 5.91 Å². The first-order valence-electron chi connectivity index (χ1n) is 9.05. The Morgan fingerprint density at radius 3 is 2.71 bits per heavy atom. The quantitative estimate of drug-likeness (QED) is 0.710. The zero-order valence-corrected chi connectivity index (χ0v) is 15.7. The van der Waals surface area contributed by atoms with Crippen LogP contribution in [0.25, 0.3) is 11.4 Å². The van der Waals surface area contributed by atoms with E-state index in [9.17, 15) is 9.59 Å². The molecule has 28 heavy (non-hydrogen) atoms. The van der Waals surface area contributed by atoms with E-state index < -0.39 is 0 Å². The summed E-state index contributed by atoms with van der Waals surface area (Å²) in [5.74, 6) is 0.842. The van der Waals surface area contributed by atoms with Crippen LogP contribution in [0.2, 0.25) is 0 Å². The van der Waals surface area contributed by atoms with E-state index in [1.165, 1.54) is 6.92 Å². The molecule has 0 saturated carbocycles. The molecule has 0 aliphatic carbocycles. The summed E-state index contributed by atoms with van der Waals surface area (Å²) in [5.41, 5.74) is 1.25. The van der Waals surface area contributed by atoms with Crippen molar-refractivity contribution in [1.82, 2.24) is 34.9 Å². The lowest BCUT2D eigenvalue weighted by Crippen LogP contribution is -2.37. The zero-order valence-electron chi connectivity index (χ0n) is 15.7. The Morgan fingerprint density at radius 1 is 1.25 bits per heavy atom. The molecule has 2 atom stereocenters. The summed E-state index contributed by atoms with van der Waals surface area (Å²) in [6.45, 7) is 1.86. The second-order valence-electron chi connectivity index (χ2n) is 6.94. The van der Waals surface area contributed by atoms with Gasteiger partial charge < -0.3 is 14.8 Å². The molecule has 1 aliphatic rings. The van der Waals surface area contributed by atoms with Gasteiger partial charge in [-0.2, -0.15) is 5.10 Å². The number of carbonyl (C=O) groups is 2. The van der Waals surface area contributed by atoms with Gasteiger partial charge in [-0.1, -0.05) is 30.3 Å². The first kappa shape index (κ1) is 17.9. The van der Waals surface area contributed by atoms with Crippen LogP contribution in [0.5, 0.6) is 0 Å². The predicted molar refractivity (Wildman–Crippen MR) is 101 cm³/mol. The maximum Gasteiger partial charge on any atom is 0.274 e. The number of rotatable bonds is 4. The van der Waals surface area contributed by atoms with Gasteiger partial charge in [0.1, 0.15) is 11.5 Å². The fourth-order valence-corrected chi connectivity index (χ4v) is 3.52. The number of hydrogen-bond donors (Lipinski definition) is 2. The summed E-state index contributed by atoms with van der Waals surface area (Å²) in [7, 11) is 1.81. The molecule has 9 heteroatoms. The Kier molecular flexibility index (Phi) is 4.64. The van der Waals surface area contributed by atoms with E-state index in [4.69, 9.17) is 0 Å². The lowest BCUT2D eigenvalue weighted by molar-refractivity contribution is -0.119. The standard InChI is InChI=1S/C19H21N7O2/c1-12(27)21-14-8-16(26(9-14)19(28)15-10-25(2)11-20-15)18-22-17(23-24-18)13-6-4-3-5-7-13/h3-7,10-11,14,16H,8-9H2,1-2H3,(H,21,27)(H,22,23,24)/t14-,16-/m0/s1. The highest BCUT2D eigenvalue weighted by Crippen LogP contribution is 2.32. The van der Waals surface area contributed by atoms with Crippen LogP contribution >= 0.6 is 0 Å². The van der Waals surface area contributed by atoms with Gasteiger partial charge in [0.15, 0.2) is 5.82 Å². The third-order valence-electron chi connectivity index (χ3n) is 4.74. The molecule has 2 N–H and O–H groups in total. The molecule has 2 aromatic heterocycles. The molecule has 3 heterocycles. The van der Waals surface area contributed by atoms with E-state index in [0.717, 1.165) is 5.56 Å². The largest absolute Gasteiger partial charge is 0.352 e. The van der Waals surface area contributed by atoms with Crippen molar-refractivity contribution >= 4 is 11.8 Å². The van der Waals surface area contributed by atoms with Crippen molar-refractivity contribution in [3.63, 3.8) is 0 Å². The van der Waals surface area contributed by atoms with Gasteiger partial charge in [-0.25, -0.2) is 9.97 Å². The van der Waals surface area contributed by atoms with E-state index in [2.05, 4.69) is 25.5 Å². The molecule has 0 radical (unpaired) electrons. The van der Waals surface area contributed by atoms with Crippen molar-refractivity contribution in [3.05, 3.63) is 54.4 Å². The molecule has 1 aromatic carbocycles. The number of aryl methyl sites for hydroxylation is 1. The summed E-state index contributed by atoms with van der Waals surface area (Å²) in [4.78, 5) is 35.0. The average molecular weight is 379 g/mol. The zero-order chi connectivity index (χ0) is 19.7. The number of carbonyl (C=O) groups excluding carboxylic acids is 2. The Balaban J connectivity index is 1.63. The molecule has 2 amide bonds. The van der Waals surface area contributed by atoms with Crippen LogP contribution in [0.3, 0.4) is 0 Å². The minimum atomic E-state index is -0.323. The molecule has 9 nitrogen and oxygen atoms in total. The maximum absolute atomic E-state index is 13.0. The van der Waals surface area contributed by atoms with Crippen LogP contribution in [-0.2, 0) is 11.8 Å². The van der Waals surface area contributed by atoms with Gasteiger partial charge in [0.25, 0.3) is 5.91 Å². The summed E-state index contributed by atoms with van der Waals surface area (Å²) >= 11 is 0. The molecule has 3 aromatic rings. The minimum Gasteiger partial charge on any atom is -0.352 e. The van der Waals surface area contributed by atoms with E-state index in [-0.39, 0.29) is 23.9 Å². The number of benzene rings is 1. The Bertz CT molecular complexity index is 995. The van der Waals surface area contributed by atoms with Crippen molar-refractivity contribution in [3.8, 4) is 11.4 Å². The predicted octanol–water partition coefficient (Wildman–Crippen LogP) is 1.30. The highest BCUT2D eigenvalue weighted by atomic mass is 16.2. The number of imidazole rings is 1. The van der Waals surface area contributed by atoms with E-state index in [1.807, 2.05) is 37.4 Å². The number of H-pyrrole nitrogens is 1. The van der Waals surface area contributed by atoms with Crippen LogP contribution in [0.1, 0.15) is 35.7 Å². The fraction of sp³-hybridized carbons (Fsp3) is 0.316. The average Bonchev–Trinajstić information content (AvgIpc) is 3.40. The van der Waals surface area contributed by atoms with Crippen molar-refractivity contribution < 1.29 is 9.59 Å². The number of hydrogen-bond acceptors (Lipinski definition) is 5. The van der Waals surface area contributed by atoms with E-state index >= 15 is 0 Å². The molecule has 0 spiro atoms. The van der Waals surface area contributed by atoms with Crippen molar-refractivity contribution in [2.45, 2.75) is 25.4 Å². The molecule has 1 aliphatic heterocycles. The van der Waals surface area contributed by atoms with Crippen LogP contribution in [0, 0.1) is 0 Å². The van der Waals surface area contributed by atoms with Crippen molar-refractivity contribution in [1.29, 1.82) is 0 Å². The number of nitrogens with zero attached hydrogens (tertiary/aromatic N) is 5. The molecule has 4 rings (SSSR count). The van der Waals surface area contributed by atoms with E-state index in [1.54, 1.807) is 22.0 Å². The van der Waals surface area contributed by atoms with Crippen LogP contribution in [0.15, 0.2) is 42.9 Å². The first-order valence-corrected chi connectivity index (χ1v) is 9.05. The molecular weight excluding hydrogens is 358 g/mol. The molecule has 0 bridgehead atoms. The smallest absolute Gasteiger partial charge is 0.274 e. The van der Waals surface area contributed by atoms with Gasteiger partial charge in [-0.3, -0.25) is 14.7 Å². The van der Waals surface area contributed by atoms with Gasteiger partial charge in [-0.15, -0.1) is 0 Å². The summed E-state index contributed by atoms with van der Waals surface area (Å²) in [6, 6.07) is 9.16. The molecule has 0 unspecified atom stereocenters. The van der Waals surface area contributed by atoms with Crippen molar-refractivity contribution in [2.75, 3.05) is 6.54 Å². The third-order valence-corrected chi connectivity index (χ3v) is 4.74. The van der Waals surface area contributed by atoms with Gasteiger partial charge in [0, 0.05) is 38.3 Å². The summed E-state index contributed by atoms with van der Waals surface area (Å²) in [6.07, 6.45) is 3.83. The molecule has 144 valence electrons. The number of amides is 2. The maximum atomic E-state index is 13.0. The second kappa shape index (κ2) is 7.26. The van der Waals surface area contributed by atoms with Crippen molar-refractivity contribution in [2.24, 2.45) is 7.05 Å².